The summed E-state index contributed by atoms with van der Waals surface area (Å²) in [4.78, 5) is 15.5. The molecule has 0 aromatic rings. The Bertz CT molecular complexity index is 509. The van der Waals surface area contributed by atoms with Crippen LogP contribution in [0.2, 0.25) is 0 Å². The van der Waals surface area contributed by atoms with Gasteiger partial charge in [-0.3, -0.25) is 9.79 Å². The van der Waals surface area contributed by atoms with Crippen molar-refractivity contribution in [3.05, 3.63) is 60.6 Å². The Labute approximate surface area is 119 Å². The van der Waals surface area contributed by atoms with E-state index in [2.05, 4.69) is 10.3 Å². The lowest BCUT2D eigenvalue weighted by Gasteiger charge is -2.05. The van der Waals surface area contributed by atoms with Gasteiger partial charge in [-0.25, -0.2) is 0 Å². The highest BCUT2D eigenvalue weighted by molar-refractivity contribution is 6.43. The lowest BCUT2D eigenvalue weighted by molar-refractivity contribution is -0.114. The van der Waals surface area contributed by atoms with Gasteiger partial charge in [-0.2, -0.15) is 0 Å². The van der Waals surface area contributed by atoms with E-state index in [0.29, 0.717) is 5.71 Å². The summed E-state index contributed by atoms with van der Waals surface area (Å²) in [6, 6.07) is 0. The zero-order valence-corrected chi connectivity index (χ0v) is 12.0. The van der Waals surface area contributed by atoms with Crippen LogP contribution >= 0.6 is 0 Å². The first-order chi connectivity index (χ1) is 9.67. The molecule has 0 aliphatic carbocycles. The summed E-state index contributed by atoms with van der Waals surface area (Å²) in [5, 5.41) is 2.53. The van der Waals surface area contributed by atoms with Crippen molar-refractivity contribution in [1.29, 1.82) is 0 Å². The molecule has 106 valence electrons. The van der Waals surface area contributed by atoms with Crippen LogP contribution in [0, 0.1) is 0 Å². The number of hydrogen-bond donors (Lipinski definition) is 1. The van der Waals surface area contributed by atoms with Crippen LogP contribution in [0.25, 0.3) is 0 Å². The predicted molar refractivity (Wildman–Crippen MR) is 82.4 cm³/mol. The zero-order valence-electron chi connectivity index (χ0n) is 12.0. The normalized spacial score (nSPS) is 19.2. The maximum absolute atomic E-state index is 11.4. The van der Waals surface area contributed by atoms with E-state index in [1.165, 1.54) is 0 Å². The number of allylic oxidation sites excluding steroid dienone is 5. The van der Waals surface area contributed by atoms with Crippen molar-refractivity contribution in [3.8, 4) is 0 Å². The first-order valence-corrected chi connectivity index (χ1v) is 6.43. The number of amides is 1. The third-order valence-electron chi connectivity index (χ3n) is 2.51. The molecule has 0 fully saturated rings. The maximum Gasteiger partial charge on any atom is 0.269 e. The smallest absolute Gasteiger partial charge is 0.269 e. The van der Waals surface area contributed by atoms with Crippen molar-refractivity contribution in [1.82, 2.24) is 5.32 Å². The van der Waals surface area contributed by atoms with E-state index in [-0.39, 0.29) is 12.0 Å². The highest BCUT2D eigenvalue weighted by Crippen LogP contribution is 2.05. The van der Waals surface area contributed by atoms with E-state index in [1.54, 1.807) is 37.7 Å². The first-order valence-electron chi connectivity index (χ1n) is 6.43. The van der Waals surface area contributed by atoms with Crippen molar-refractivity contribution in [2.24, 2.45) is 4.99 Å². The van der Waals surface area contributed by atoms with Crippen molar-refractivity contribution < 1.29 is 9.53 Å². The molecule has 0 aromatic carbocycles. The highest BCUT2D eigenvalue weighted by atomic mass is 16.5. The van der Waals surface area contributed by atoms with E-state index >= 15 is 0 Å². The second kappa shape index (κ2) is 8.69. The molecule has 20 heavy (non-hydrogen) atoms. The molecular formula is C16H20N2O2. The second-order valence-corrected chi connectivity index (χ2v) is 4.13. The van der Waals surface area contributed by atoms with Crippen molar-refractivity contribution >= 4 is 11.6 Å². The number of carbonyl (C=O) groups excluding carboxylic acids is 1. The fourth-order valence-electron chi connectivity index (χ4n) is 1.40. The molecule has 4 nitrogen and oxygen atoms in total. The highest BCUT2D eigenvalue weighted by Gasteiger charge is 2.08. The molecule has 1 N–H and O–H groups in total. The van der Waals surface area contributed by atoms with Crippen molar-refractivity contribution in [2.75, 3.05) is 7.05 Å². The van der Waals surface area contributed by atoms with Crippen LogP contribution < -0.4 is 5.32 Å². The molecule has 4 heteroatoms. The molecule has 0 spiro atoms. The molecule has 1 unspecified atom stereocenters. The molecule has 1 heterocycles. The van der Waals surface area contributed by atoms with Gasteiger partial charge in [0.2, 0.25) is 0 Å². The van der Waals surface area contributed by atoms with Crippen LogP contribution in [0.4, 0.5) is 0 Å². The van der Waals surface area contributed by atoms with Crippen LogP contribution in [0.15, 0.2) is 65.6 Å². The summed E-state index contributed by atoms with van der Waals surface area (Å²) in [6.45, 7) is 3.96. The summed E-state index contributed by atoms with van der Waals surface area (Å²) in [7, 11) is 1.57. The van der Waals surface area contributed by atoms with E-state index in [9.17, 15) is 4.79 Å². The Morgan fingerprint density at radius 2 is 2.25 bits per heavy atom. The second-order valence-electron chi connectivity index (χ2n) is 4.13. The summed E-state index contributed by atoms with van der Waals surface area (Å²) >= 11 is 0. The number of nitrogens with one attached hydrogen (secondary N) is 1. The van der Waals surface area contributed by atoms with E-state index in [4.69, 9.17) is 4.74 Å². The van der Waals surface area contributed by atoms with Crippen LogP contribution in [0.5, 0.6) is 0 Å². The fraction of sp³-hybridized carbons (Fsp3) is 0.250. The van der Waals surface area contributed by atoms with Gasteiger partial charge in [-0.1, -0.05) is 18.2 Å². The number of aliphatic imine (C=N–C) groups is 1. The molecule has 0 saturated carbocycles. The molecule has 0 aromatic heterocycles. The van der Waals surface area contributed by atoms with Gasteiger partial charge in [-0.15, -0.1) is 0 Å². The van der Waals surface area contributed by atoms with Crippen molar-refractivity contribution in [2.45, 2.75) is 20.0 Å². The predicted octanol–water partition coefficient (Wildman–Crippen LogP) is 2.68. The van der Waals surface area contributed by atoms with Crippen LogP contribution in [0.1, 0.15) is 13.8 Å². The van der Waals surface area contributed by atoms with Gasteiger partial charge in [0.05, 0.1) is 6.26 Å². The Balaban J connectivity index is 2.56. The Morgan fingerprint density at radius 3 is 2.95 bits per heavy atom. The molecule has 0 bridgehead atoms. The number of carbonyl (C=O) groups is 1. The van der Waals surface area contributed by atoms with E-state index in [0.717, 1.165) is 5.57 Å². The Kier molecular flexibility index (Phi) is 6.82. The first kappa shape index (κ1) is 15.7. The lowest BCUT2D eigenvalue weighted by atomic mass is 10.2. The summed E-state index contributed by atoms with van der Waals surface area (Å²) in [5.41, 5.74) is 1.45. The topological polar surface area (TPSA) is 50.7 Å². The molecular weight excluding hydrogens is 252 g/mol. The van der Waals surface area contributed by atoms with Crippen LogP contribution in [0.3, 0.4) is 0 Å². The quantitative estimate of drug-likeness (QED) is 0.618. The van der Waals surface area contributed by atoms with Gasteiger partial charge < -0.3 is 10.1 Å². The Morgan fingerprint density at radius 1 is 1.45 bits per heavy atom. The van der Waals surface area contributed by atoms with Gasteiger partial charge in [0.25, 0.3) is 5.91 Å². The molecule has 0 saturated heterocycles. The molecule has 1 amide bonds. The Hall–Kier alpha value is -2.36. The van der Waals surface area contributed by atoms with Gasteiger partial charge in [0.1, 0.15) is 11.8 Å². The van der Waals surface area contributed by atoms with Gasteiger partial charge in [0.15, 0.2) is 0 Å². The minimum atomic E-state index is -0.230. The summed E-state index contributed by atoms with van der Waals surface area (Å²) < 4.78 is 5.55. The third kappa shape index (κ3) is 5.52. The maximum atomic E-state index is 11.4. The number of rotatable bonds is 5. The fourth-order valence-corrected chi connectivity index (χ4v) is 1.40. The van der Waals surface area contributed by atoms with E-state index < -0.39 is 0 Å². The molecule has 1 rings (SSSR count). The van der Waals surface area contributed by atoms with Gasteiger partial charge in [-0.05, 0) is 43.7 Å². The minimum Gasteiger partial charge on any atom is -0.490 e. The molecule has 1 atom stereocenters. The van der Waals surface area contributed by atoms with Gasteiger partial charge >= 0.3 is 0 Å². The SMILES string of the molecule is C\C=C/C=C(C)\C=C\OC1C=CN=C(C(=O)NC)C=C1. The van der Waals surface area contributed by atoms with Gasteiger partial charge in [0, 0.05) is 13.2 Å². The average Bonchev–Trinajstić information content (AvgIpc) is 2.70. The minimum absolute atomic E-state index is 0.216. The lowest BCUT2D eigenvalue weighted by Crippen LogP contribution is -2.25. The van der Waals surface area contributed by atoms with Crippen molar-refractivity contribution in [3.63, 3.8) is 0 Å². The molecule has 1 aliphatic rings. The largest absolute Gasteiger partial charge is 0.490 e. The zero-order chi connectivity index (χ0) is 14.8. The number of ether oxygens (including phenoxy) is 1. The number of nitrogens with zero attached hydrogens (tertiary/aromatic N) is 1. The summed E-state index contributed by atoms with van der Waals surface area (Å²) in [6.07, 6.45) is 16.0. The summed E-state index contributed by atoms with van der Waals surface area (Å²) in [5.74, 6) is -0.216. The third-order valence-corrected chi connectivity index (χ3v) is 2.51. The average molecular weight is 272 g/mol. The van der Waals surface area contributed by atoms with Crippen LogP contribution in [-0.4, -0.2) is 24.8 Å². The van der Waals surface area contributed by atoms with Crippen LogP contribution in [-0.2, 0) is 9.53 Å². The van der Waals surface area contributed by atoms with E-state index in [1.807, 2.05) is 38.2 Å². The molecule has 0 radical (unpaired) electrons. The molecule has 1 aliphatic heterocycles. The monoisotopic (exact) mass is 272 g/mol. The number of hydrogen-bond acceptors (Lipinski definition) is 3. The standard InChI is InChI=1S/C16H20N2O2/c1-4-5-6-13(2)10-12-20-14-7-8-15(16(19)17-3)18-11-9-14/h4-12,14H,1-3H3,(H,17,19)/b5-4-,12-10+,13-6-.